The Labute approximate surface area is 157 Å². The molecule has 4 nitrogen and oxygen atoms in total. The lowest BCUT2D eigenvalue weighted by atomic mass is 10.0. The maximum Gasteiger partial charge on any atom is 0.251 e. The van der Waals surface area contributed by atoms with Crippen LogP contribution in [0.2, 0.25) is 5.02 Å². The summed E-state index contributed by atoms with van der Waals surface area (Å²) in [7, 11) is 0. The summed E-state index contributed by atoms with van der Waals surface area (Å²) in [5.74, 6) is 0.522. The van der Waals surface area contributed by atoms with Gasteiger partial charge in [-0.1, -0.05) is 29.8 Å². The van der Waals surface area contributed by atoms with Crippen LogP contribution in [-0.4, -0.2) is 11.8 Å². The summed E-state index contributed by atoms with van der Waals surface area (Å²) in [4.78, 5) is 24.7. The maximum absolute atomic E-state index is 12.8. The molecule has 26 heavy (non-hydrogen) atoms. The summed E-state index contributed by atoms with van der Waals surface area (Å²) in [5.41, 5.74) is 2.30. The molecule has 2 amide bonds. The minimum absolute atomic E-state index is 0.00974. The largest absolute Gasteiger partial charge is 0.345 e. The molecule has 2 aromatic rings. The van der Waals surface area contributed by atoms with Crippen molar-refractivity contribution in [3.63, 3.8) is 0 Å². The van der Waals surface area contributed by atoms with Crippen LogP contribution in [0.1, 0.15) is 47.6 Å². The number of carbonyl (C=O) groups is 2. The van der Waals surface area contributed by atoms with E-state index >= 15 is 0 Å². The average molecular weight is 369 g/mol. The van der Waals surface area contributed by atoms with E-state index in [0.29, 0.717) is 22.2 Å². The molecule has 5 heteroatoms. The van der Waals surface area contributed by atoms with Crippen molar-refractivity contribution >= 4 is 29.1 Å². The summed E-state index contributed by atoms with van der Waals surface area (Å²) < 4.78 is 0. The normalized spacial score (nSPS) is 17.4. The van der Waals surface area contributed by atoms with Crippen molar-refractivity contribution < 1.29 is 9.59 Å². The van der Waals surface area contributed by atoms with Gasteiger partial charge in [0.25, 0.3) is 5.91 Å². The monoisotopic (exact) mass is 368 g/mol. The average Bonchev–Trinajstić information content (AvgIpc) is 3.53. The molecule has 4 rings (SSSR count). The van der Waals surface area contributed by atoms with Gasteiger partial charge in [-0.2, -0.15) is 0 Å². The fourth-order valence-electron chi connectivity index (χ4n) is 3.13. The molecule has 0 heterocycles. The molecule has 1 unspecified atom stereocenters. The summed E-state index contributed by atoms with van der Waals surface area (Å²) in [6.07, 6.45) is 4.14. The Morgan fingerprint density at radius 2 is 1.73 bits per heavy atom. The highest BCUT2D eigenvalue weighted by Crippen LogP contribution is 2.41. The molecule has 134 valence electrons. The van der Waals surface area contributed by atoms with Crippen LogP contribution >= 0.6 is 11.6 Å². The fourth-order valence-corrected chi connectivity index (χ4v) is 3.25. The van der Waals surface area contributed by atoms with Crippen molar-refractivity contribution in [3.05, 3.63) is 64.7 Å². The topological polar surface area (TPSA) is 58.2 Å². The summed E-state index contributed by atoms with van der Waals surface area (Å²) >= 11 is 5.98. The molecule has 2 fully saturated rings. The second kappa shape index (κ2) is 7.12. The van der Waals surface area contributed by atoms with Crippen LogP contribution in [0.5, 0.6) is 0 Å². The molecular weight excluding hydrogens is 348 g/mol. The van der Waals surface area contributed by atoms with E-state index in [1.54, 1.807) is 18.2 Å². The molecule has 2 N–H and O–H groups in total. The maximum atomic E-state index is 12.8. The van der Waals surface area contributed by atoms with E-state index in [9.17, 15) is 9.59 Å². The first-order valence-electron chi connectivity index (χ1n) is 9.07. The zero-order chi connectivity index (χ0) is 18.1. The van der Waals surface area contributed by atoms with Gasteiger partial charge in [0.1, 0.15) is 0 Å². The van der Waals surface area contributed by atoms with Crippen molar-refractivity contribution in [3.8, 4) is 0 Å². The number of anilines is 1. The van der Waals surface area contributed by atoms with Crippen LogP contribution in [0, 0.1) is 11.8 Å². The lowest BCUT2D eigenvalue weighted by Gasteiger charge is -2.19. The number of amides is 2. The number of hydrogen-bond acceptors (Lipinski definition) is 2. The molecule has 0 radical (unpaired) electrons. The van der Waals surface area contributed by atoms with Crippen molar-refractivity contribution in [1.82, 2.24) is 5.32 Å². The number of benzene rings is 2. The number of halogens is 1. The summed E-state index contributed by atoms with van der Waals surface area (Å²) in [6, 6.07) is 14.8. The first kappa shape index (κ1) is 17.1. The third-order valence-electron chi connectivity index (χ3n) is 4.95. The number of carbonyl (C=O) groups excluding carboxylic acids is 2. The Kier molecular flexibility index (Phi) is 4.68. The van der Waals surface area contributed by atoms with Gasteiger partial charge >= 0.3 is 0 Å². The lowest BCUT2D eigenvalue weighted by molar-refractivity contribution is -0.117. The quantitative estimate of drug-likeness (QED) is 0.784. The SMILES string of the molecule is O=C(NC(c1ccc(Cl)cc1)C1CC1)c1cccc(NC(=O)C2CC2)c1. The van der Waals surface area contributed by atoms with Crippen molar-refractivity contribution in [2.75, 3.05) is 5.32 Å². The standard InChI is InChI=1S/C21H21ClN2O2/c22-17-10-8-14(9-11-17)19(13-4-5-13)24-21(26)16-2-1-3-18(12-16)23-20(25)15-6-7-15/h1-3,8-13,15,19H,4-7H2,(H,23,25)(H,24,26). The Hall–Kier alpha value is -2.33. The highest BCUT2D eigenvalue weighted by atomic mass is 35.5. The molecule has 2 aliphatic carbocycles. The van der Waals surface area contributed by atoms with Gasteiger partial charge in [0, 0.05) is 22.2 Å². The fraction of sp³-hybridized carbons (Fsp3) is 0.333. The van der Waals surface area contributed by atoms with E-state index in [4.69, 9.17) is 11.6 Å². The molecule has 0 bridgehead atoms. The van der Waals surface area contributed by atoms with Gasteiger partial charge in [0.15, 0.2) is 0 Å². The lowest BCUT2D eigenvalue weighted by Crippen LogP contribution is -2.30. The molecule has 0 spiro atoms. The molecule has 2 saturated carbocycles. The van der Waals surface area contributed by atoms with Gasteiger partial charge in [-0.25, -0.2) is 0 Å². The first-order chi connectivity index (χ1) is 12.6. The third kappa shape index (κ3) is 4.07. The van der Waals surface area contributed by atoms with E-state index in [1.807, 2.05) is 30.3 Å². The number of rotatable bonds is 6. The third-order valence-corrected chi connectivity index (χ3v) is 5.20. The van der Waals surface area contributed by atoms with Gasteiger partial charge in [-0.15, -0.1) is 0 Å². The van der Waals surface area contributed by atoms with Gasteiger partial charge in [-0.3, -0.25) is 9.59 Å². The zero-order valence-corrected chi connectivity index (χ0v) is 15.1. The van der Waals surface area contributed by atoms with Crippen molar-refractivity contribution in [1.29, 1.82) is 0 Å². The highest BCUT2D eigenvalue weighted by molar-refractivity contribution is 6.30. The first-order valence-corrected chi connectivity index (χ1v) is 9.45. The van der Waals surface area contributed by atoms with Crippen LogP contribution in [0.25, 0.3) is 0 Å². The predicted molar refractivity (Wildman–Crippen MR) is 102 cm³/mol. The van der Waals surface area contributed by atoms with E-state index in [0.717, 1.165) is 31.2 Å². The van der Waals surface area contributed by atoms with Crippen LogP contribution in [0.4, 0.5) is 5.69 Å². The Morgan fingerprint density at radius 1 is 1.00 bits per heavy atom. The van der Waals surface area contributed by atoms with E-state index in [1.165, 1.54) is 0 Å². The molecule has 2 aromatic carbocycles. The Balaban J connectivity index is 1.47. The number of nitrogens with one attached hydrogen (secondary N) is 2. The van der Waals surface area contributed by atoms with Gasteiger partial charge < -0.3 is 10.6 Å². The van der Waals surface area contributed by atoms with Crippen LogP contribution < -0.4 is 10.6 Å². The van der Waals surface area contributed by atoms with E-state index in [-0.39, 0.29) is 23.8 Å². The Morgan fingerprint density at radius 3 is 2.38 bits per heavy atom. The van der Waals surface area contributed by atoms with Crippen molar-refractivity contribution in [2.45, 2.75) is 31.7 Å². The van der Waals surface area contributed by atoms with E-state index in [2.05, 4.69) is 10.6 Å². The van der Waals surface area contributed by atoms with Crippen LogP contribution in [0.15, 0.2) is 48.5 Å². The molecule has 2 aliphatic rings. The molecule has 0 aliphatic heterocycles. The molecule has 1 atom stereocenters. The second-order valence-corrected chi connectivity index (χ2v) is 7.62. The van der Waals surface area contributed by atoms with Crippen LogP contribution in [0.3, 0.4) is 0 Å². The highest BCUT2D eigenvalue weighted by Gasteiger charge is 2.33. The van der Waals surface area contributed by atoms with Crippen LogP contribution in [-0.2, 0) is 4.79 Å². The van der Waals surface area contributed by atoms with E-state index < -0.39 is 0 Å². The van der Waals surface area contributed by atoms with Gasteiger partial charge in [-0.05, 0) is 67.5 Å². The summed E-state index contributed by atoms with van der Waals surface area (Å²) in [5, 5.41) is 6.73. The molecule has 0 aromatic heterocycles. The smallest absolute Gasteiger partial charge is 0.251 e. The predicted octanol–water partition coefficient (Wildman–Crippen LogP) is 4.57. The van der Waals surface area contributed by atoms with Gasteiger partial charge in [0.2, 0.25) is 5.91 Å². The minimum atomic E-state index is -0.126. The second-order valence-electron chi connectivity index (χ2n) is 7.18. The molecule has 0 saturated heterocycles. The zero-order valence-electron chi connectivity index (χ0n) is 14.4. The number of hydrogen-bond donors (Lipinski definition) is 2. The Bertz CT molecular complexity index is 826. The molecular formula is C21H21ClN2O2. The summed E-state index contributed by atoms with van der Waals surface area (Å²) in [6.45, 7) is 0. The van der Waals surface area contributed by atoms with Crippen molar-refractivity contribution in [2.24, 2.45) is 11.8 Å². The van der Waals surface area contributed by atoms with Gasteiger partial charge in [0.05, 0.1) is 6.04 Å². The minimum Gasteiger partial charge on any atom is -0.345 e.